The van der Waals surface area contributed by atoms with Crippen LogP contribution in [0.1, 0.15) is 18.1 Å². The Balaban J connectivity index is 0.00000127. The zero-order valence-electron chi connectivity index (χ0n) is 29.9. The van der Waals surface area contributed by atoms with Crippen LogP contribution in [0.25, 0.3) is 0 Å². The zero-order chi connectivity index (χ0) is 38.8. The second-order valence-corrected chi connectivity index (χ2v) is 11.5. The Morgan fingerprint density at radius 3 is 0.911 bits per heavy atom. The first-order valence-electron chi connectivity index (χ1n) is 17.1. The van der Waals surface area contributed by atoms with Crippen LogP contribution in [-0.4, -0.2) is 53.4 Å². The highest BCUT2D eigenvalue weighted by molar-refractivity contribution is 5.84. The third-order valence-electron chi connectivity index (χ3n) is 7.08. The summed E-state index contributed by atoms with van der Waals surface area (Å²) in [5.74, 6) is 1.14. The van der Waals surface area contributed by atoms with Crippen LogP contribution in [-0.2, 0) is 4.79 Å². The summed E-state index contributed by atoms with van der Waals surface area (Å²) in [6.45, 7) is 1.08. The lowest BCUT2D eigenvalue weighted by atomic mass is 10.2. The predicted octanol–water partition coefficient (Wildman–Crippen LogP) is 8.01. The normalized spacial score (nSPS) is 10.6. The molecule has 7 rings (SSSR count). The first kappa shape index (κ1) is 37.5. The van der Waals surface area contributed by atoms with Gasteiger partial charge >= 0.3 is 0 Å². The second kappa shape index (κ2) is 19.5. The van der Waals surface area contributed by atoms with Crippen molar-refractivity contribution in [2.75, 3.05) is 32.1 Å². The quantitative estimate of drug-likeness (QED) is 0.0415. The van der Waals surface area contributed by atoms with Crippen LogP contribution in [0.15, 0.2) is 156 Å². The molecule has 0 aliphatic carbocycles. The number of aromatic nitrogens is 6. The minimum atomic E-state index is -0.833. The number of rotatable bonds is 14. The second-order valence-electron chi connectivity index (χ2n) is 11.5. The maximum absolute atomic E-state index is 9.00. The smallest absolute Gasteiger partial charge is 0.300 e. The van der Waals surface area contributed by atoms with Crippen LogP contribution in [0.2, 0.25) is 0 Å². The minimum absolute atomic E-state index is 0.264. The highest BCUT2D eigenvalue weighted by Gasteiger charge is 2.09. The van der Waals surface area contributed by atoms with Crippen molar-refractivity contribution in [2.24, 2.45) is 10.2 Å². The van der Waals surface area contributed by atoms with Crippen molar-refractivity contribution < 1.29 is 9.90 Å². The fourth-order valence-corrected chi connectivity index (χ4v) is 4.68. The van der Waals surface area contributed by atoms with Crippen LogP contribution < -0.4 is 32.1 Å². The van der Waals surface area contributed by atoms with Gasteiger partial charge in [0.15, 0.2) is 0 Å². The molecule has 2 heterocycles. The van der Waals surface area contributed by atoms with E-state index in [4.69, 9.17) is 9.90 Å². The summed E-state index contributed by atoms with van der Waals surface area (Å²) in [5, 5.41) is 29.0. The number of hydrazone groups is 2. The molecule has 16 heteroatoms. The summed E-state index contributed by atoms with van der Waals surface area (Å²) < 4.78 is 0. The number of aliphatic carboxylic acids is 1. The third kappa shape index (κ3) is 12.4. The molecule has 7 aromatic rings. The Bertz CT molecular complexity index is 2060. The number of nitrogens with zero attached hydrogens (tertiary/aromatic N) is 8. The average Bonchev–Trinajstić information content (AvgIpc) is 3.20. The number of nitrogens with one attached hydrogen (secondary N) is 6. The average molecular weight is 745 g/mol. The van der Waals surface area contributed by atoms with Crippen molar-refractivity contribution in [1.82, 2.24) is 29.9 Å². The molecule has 0 aliphatic heterocycles. The molecule has 0 bridgehead atoms. The lowest BCUT2D eigenvalue weighted by Crippen LogP contribution is -2.07. The van der Waals surface area contributed by atoms with E-state index in [2.05, 4.69) is 72.2 Å². The molecule has 0 fully saturated rings. The third-order valence-corrected chi connectivity index (χ3v) is 7.08. The molecule has 0 aliphatic rings. The molecule has 0 radical (unpaired) electrons. The molecular formula is C40H36N14O2. The Kier molecular flexibility index (Phi) is 13.1. The zero-order valence-corrected chi connectivity index (χ0v) is 29.9. The maximum Gasteiger partial charge on any atom is 0.300 e. The Hall–Kier alpha value is -8.27. The van der Waals surface area contributed by atoms with Gasteiger partial charge in [0.25, 0.3) is 5.97 Å². The molecule has 7 N–H and O–H groups in total. The highest BCUT2D eigenvalue weighted by Crippen LogP contribution is 2.20. The molecular weight excluding hydrogens is 709 g/mol. The minimum Gasteiger partial charge on any atom is -0.481 e. The molecule has 5 aromatic carbocycles. The molecule has 0 unspecified atom stereocenters. The van der Waals surface area contributed by atoms with E-state index in [-0.39, 0.29) is 11.9 Å². The molecule has 16 nitrogen and oxygen atoms in total. The van der Waals surface area contributed by atoms with E-state index < -0.39 is 5.97 Å². The Morgan fingerprint density at radius 1 is 0.429 bits per heavy atom. The summed E-state index contributed by atoms with van der Waals surface area (Å²) >= 11 is 0. The van der Waals surface area contributed by atoms with E-state index in [9.17, 15) is 0 Å². The van der Waals surface area contributed by atoms with Gasteiger partial charge in [-0.25, -0.2) is 10.9 Å². The van der Waals surface area contributed by atoms with Crippen molar-refractivity contribution in [3.8, 4) is 0 Å². The van der Waals surface area contributed by atoms with Gasteiger partial charge in [-0.05, 0) is 59.7 Å². The van der Waals surface area contributed by atoms with Crippen molar-refractivity contribution in [1.29, 1.82) is 0 Å². The summed E-state index contributed by atoms with van der Waals surface area (Å²) in [4.78, 5) is 36.0. The van der Waals surface area contributed by atoms with E-state index in [0.29, 0.717) is 23.8 Å². The monoisotopic (exact) mass is 744 g/mol. The summed E-state index contributed by atoms with van der Waals surface area (Å²) in [7, 11) is 0. The molecule has 0 saturated heterocycles. The van der Waals surface area contributed by atoms with Crippen LogP contribution in [0.3, 0.4) is 0 Å². The van der Waals surface area contributed by atoms with Crippen molar-refractivity contribution in [3.05, 3.63) is 157 Å². The summed E-state index contributed by atoms with van der Waals surface area (Å²) in [5.41, 5.74) is 10.9. The van der Waals surface area contributed by atoms with Gasteiger partial charge < -0.3 is 26.4 Å². The van der Waals surface area contributed by atoms with Crippen LogP contribution in [0.4, 0.5) is 58.4 Å². The van der Waals surface area contributed by atoms with Crippen LogP contribution >= 0.6 is 0 Å². The number of carbonyl (C=O) groups is 1. The van der Waals surface area contributed by atoms with Crippen molar-refractivity contribution >= 4 is 76.8 Å². The molecule has 0 atom stereocenters. The van der Waals surface area contributed by atoms with Crippen LogP contribution in [0, 0.1) is 0 Å². The molecule has 0 saturated carbocycles. The first-order chi connectivity index (χ1) is 27.4. The van der Waals surface area contributed by atoms with Crippen molar-refractivity contribution in [3.63, 3.8) is 0 Å². The van der Waals surface area contributed by atoms with E-state index in [1.165, 1.54) is 0 Å². The number of hydrogen-bond donors (Lipinski definition) is 7. The van der Waals surface area contributed by atoms with Gasteiger partial charge in [-0.3, -0.25) is 4.79 Å². The maximum atomic E-state index is 9.00. The number of anilines is 10. The largest absolute Gasteiger partial charge is 0.481 e. The summed E-state index contributed by atoms with van der Waals surface area (Å²) in [6.07, 6.45) is 3.34. The van der Waals surface area contributed by atoms with E-state index in [1.54, 1.807) is 12.4 Å². The van der Waals surface area contributed by atoms with Gasteiger partial charge in [0, 0.05) is 29.7 Å². The predicted molar refractivity (Wildman–Crippen MR) is 221 cm³/mol. The molecule has 56 heavy (non-hydrogen) atoms. The number of carboxylic acid groups (broad SMARTS) is 1. The SMILES string of the molecule is C(=NNc1nc(Nc2ccccc2)nc(Nc2ccccc2)n1)c1ccc(C=NNc2nc(Nc3ccccc3)nc(Nc3ccccc3)n2)cc1.CC(=O)O. The molecule has 278 valence electrons. The Labute approximate surface area is 322 Å². The van der Waals surface area contributed by atoms with E-state index in [1.807, 2.05) is 146 Å². The fraction of sp³-hybridized carbons (Fsp3) is 0.0250. The van der Waals surface area contributed by atoms with Gasteiger partial charge in [0.2, 0.25) is 35.7 Å². The lowest BCUT2D eigenvalue weighted by Gasteiger charge is -2.10. The highest BCUT2D eigenvalue weighted by atomic mass is 16.4. The van der Waals surface area contributed by atoms with Gasteiger partial charge in [0.1, 0.15) is 0 Å². The van der Waals surface area contributed by atoms with Gasteiger partial charge in [-0.1, -0.05) is 97.1 Å². The van der Waals surface area contributed by atoms with Gasteiger partial charge in [0.05, 0.1) is 12.4 Å². The summed E-state index contributed by atoms with van der Waals surface area (Å²) in [6, 6.07) is 46.3. The Morgan fingerprint density at radius 2 is 0.661 bits per heavy atom. The van der Waals surface area contributed by atoms with Gasteiger partial charge in [-0.15, -0.1) is 0 Å². The van der Waals surface area contributed by atoms with Crippen molar-refractivity contribution in [2.45, 2.75) is 6.92 Å². The first-order valence-corrected chi connectivity index (χ1v) is 17.1. The molecule has 2 aromatic heterocycles. The number of para-hydroxylation sites is 4. The topological polar surface area (TPSA) is 212 Å². The number of benzene rings is 5. The van der Waals surface area contributed by atoms with Gasteiger partial charge in [-0.2, -0.15) is 40.1 Å². The fourth-order valence-electron chi connectivity index (χ4n) is 4.68. The number of carboxylic acids is 1. The number of hydrogen-bond acceptors (Lipinski definition) is 15. The molecule has 0 amide bonds. The molecule has 0 spiro atoms. The van der Waals surface area contributed by atoms with Crippen LogP contribution in [0.5, 0.6) is 0 Å². The van der Waals surface area contributed by atoms with E-state index in [0.717, 1.165) is 40.8 Å². The lowest BCUT2D eigenvalue weighted by molar-refractivity contribution is -0.134. The van der Waals surface area contributed by atoms with E-state index >= 15 is 0 Å². The standard InChI is InChI=1S/C38H32N14.C2H4O2/c1-5-13-29(14-6-1)41-33-45-34(42-30-15-7-2-8-16-30)48-37(47-33)51-39-25-27-21-23-28(24-22-27)26-40-52-38-49-35(43-31-17-9-3-10-18-31)46-36(50-38)44-32-19-11-4-12-20-32;1-2(3)4/h1-26H,(H3,41,42,45,47,48,51)(H3,43,44,46,49,50,52);1H3,(H,3,4).